The number of nitrogens with zero attached hydrogens (tertiary/aromatic N) is 2. The number of carbonyl (C=O) groups excluding carboxylic acids is 1. The summed E-state index contributed by atoms with van der Waals surface area (Å²) < 4.78 is 12.3. The number of ether oxygens (including phenoxy) is 2. The lowest BCUT2D eigenvalue weighted by Crippen LogP contribution is -2.38. The molecule has 0 spiro atoms. The molecule has 222 valence electrons. The van der Waals surface area contributed by atoms with Crippen molar-refractivity contribution in [1.82, 2.24) is 15.3 Å². The molecule has 0 aliphatic carbocycles. The summed E-state index contributed by atoms with van der Waals surface area (Å²) in [7, 11) is 0. The third-order valence-electron chi connectivity index (χ3n) is 7.06. The summed E-state index contributed by atoms with van der Waals surface area (Å²) in [6, 6.07) is 5.59. The van der Waals surface area contributed by atoms with Crippen LogP contribution in [-0.2, 0) is 0 Å². The molecule has 40 heavy (non-hydrogen) atoms. The van der Waals surface area contributed by atoms with E-state index in [-0.39, 0.29) is 11.9 Å². The minimum Gasteiger partial charge on any atom is -0.486 e. The molecule has 1 saturated heterocycles. The van der Waals surface area contributed by atoms with E-state index in [1.54, 1.807) is 0 Å². The van der Waals surface area contributed by atoms with Crippen molar-refractivity contribution in [2.24, 2.45) is 0 Å². The minimum atomic E-state index is -0.0844. The van der Waals surface area contributed by atoms with E-state index in [0.717, 1.165) is 51.9 Å². The van der Waals surface area contributed by atoms with Gasteiger partial charge in [-0.25, -0.2) is 10.0 Å². The topological polar surface area (TPSA) is 54.0 Å². The number of rotatable bonds is 16. The van der Waals surface area contributed by atoms with Crippen LogP contribution >= 0.6 is 0 Å². The van der Waals surface area contributed by atoms with Crippen LogP contribution in [-0.4, -0.2) is 61.4 Å². The highest BCUT2D eigenvalue weighted by Crippen LogP contribution is 2.29. The summed E-state index contributed by atoms with van der Waals surface area (Å²) in [4.78, 5) is 13.2. The minimum absolute atomic E-state index is 0.0844. The average molecular weight is 552 g/mol. The highest BCUT2D eigenvalue weighted by Gasteiger charge is 2.29. The quantitative estimate of drug-likeness (QED) is 0.216. The van der Waals surface area contributed by atoms with E-state index >= 15 is 0 Å². The highest BCUT2D eigenvalue weighted by atomic mass is 16.5. The van der Waals surface area contributed by atoms with Gasteiger partial charge >= 0.3 is 0 Å². The lowest BCUT2D eigenvalue weighted by molar-refractivity contribution is 0.0388. The molecule has 1 heterocycles. The molecule has 6 nitrogen and oxygen atoms in total. The van der Waals surface area contributed by atoms with Gasteiger partial charge in [0.15, 0.2) is 11.5 Å². The molecule has 1 fully saturated rings. The summed E-state index contributed by atoms with van der Waals surface area (Å²) >= 11 is 0. The molecule has 1 aliphatic heterocycles. The fourth-order valence-corrected chi connectivity index (χ4v) is 4.63. The Morgan fingerprint density at radius 1 is 0.800 bits per heavy atom. The first kappa shape index (κ1) is 33.4. The molecule has 1 amide bonds. The van der Waals surface area contributed by atoms with E-state index in [2.05, 4.69) is 95.0 Å². The van der Waals surface area contributed by atoms with Crippen molar-refractivity contribution in [3.8, 4) is 11.5 Å². The van der Waals surface area contributed by atoms with Crippen molar-refractivity contribution in [2.45, 2.75) is 87.1 Å². The van der Waals surface area contributed by atoms with E-state index in [9.17, 15) is 4.79 Å². The molecular formula is C34H53N3O3. The van der Waals surface area contributed by atoms with Crippen LogP contribution in [0.2, 0.25) is 0 Å². The van der Waals surface area contributed by atoms with Gasteiger partial charge in [-0.3, -0.25) is 4.79 Å². The standard InChI is InChI=1S/C34H53N3O3/c1-9-36-24-31(25-37(36)10-2)35-34(38)30-17-18-32(39-21-19-28(7)15-11-13-26(3)4)33(23-30)40-22-20-29(8)16-12-14-27(5)6/h13-14,17-20,23,31H,9-12,15-16,21-22,24-25H2,1-8H3,(H,35,38)/b28-19+,29-20+. The van der Waals surface area contributed by atoms with Crippen LogP contribution in [0.15, 0.2) is 64.8 Å². The van der Waals surface area contributed by atoms with Crippen molar-refractivity contribution >= 4 is 5.91 Å². The Balaban J connectivity index is 2.11. The number of amides is 1. The maximum Gasteiger partial charge on any atom is 0.251 e. The molecule has 1 aliphatic rings. The number of nitrogens with one attached hydrogen (secondary N) is 1. The van der Waals surface area contributed by atoms with Gasteiger partial charge in [0.1, 0.15) is 13.2 Å². The Labute approximate surface area is 243 Å². The first-order chi connectivity index (χ1) is 19.1. The Hall–Kier alpha value is -2.83. The number of allylic oxidation sites excluding steroid dienone is 6. The van der Waals surface area contributed by atoms with Crippen LogP contribution in [0.5, 0.6) is 11.5 Å². The number of hydrogen-bond donors (Lipinski definition) is 1. The predicted molar refractivity (Wildman–Crippen MR) is 168 cm³/mol. The molecule has 0 unspecified atom stereocenters. The summed E-state index contributed by atoms with van der Waals surface area (Å²) in [5.74, 6) is 1.16. The van der Waals surface area contributed by atoms with Gasteiger partial charge in [0.25, 0.3) is 5.91 Å². The number of benzene rings is 1. The van der Waals surface area contributed by atoms with Crippen molar-refractivity contribution in [3.05, 3.63) is 70.4 Å². The van der Waals surface area contributed by atoms with Crippen LogP contribution in [0.1, 0.15) is 91.4 Å². The summed E-state index contributed by atoms with van der Waals surface area (Å²) in [5.41, 5.74) is 5.84. The molecule has 2 rings (SSSR count). The van der Waals surface area contributed by atoms with Crippen LogP contribution in [0.3, 0.4) is 0 Å². The van der Waals surface area contributed by atoms with Crippen molar-refractivity contribution < 1.29 is 14.3 Å². The lowest BCUT2D eigenvalue weighted by atomic mass is 10.1. The van der Waals surface area contributed by atoms with E-state index in [1.807, 2.05) is 18.2 Å². The van der Waals surface area contributed by atoms with Crippen LogP contribution in [0.4, 0.5) is 0 Å². The second kappa shape index (κ2) is 17.8. The Morgan fingerprint density at radius 3 is 1.77 bits per heavy atom. The largest absolute Gasteiger partial charge is 0.486 e. The predicted octanol–water partition coefficient (Wildman–Crippen LogP) is 7.50. The van der Waals surface area contributed by atoms with Gasteiger partial charge in [0.2, 0.25) is 0 Å². The molecule has 0 bridgehead atoms. The van der Waals surface area contributed by atoms with Gasteiger partial charge in [-0.1, -0.05) is 48.3 Å². The molecule has 0 saturated carbocycles. The maximum absolute atomic E-state index is 13.2. The van der Waals surface area contributed by atoms with Gasteiger partial charge < -0.3 is 14.8 Å². The number of hydrogen-bond acceptors (Lipinski definition) is 5. The average Bonchev–Trinajstić information content (AvgIpc) is 3.30. The third kappa shape index (κ3) is 12.1. The fourth-order valence-electron chi connectivity index (χ4n) is 4.63. The molecule has 0 atom stereocenters. The van der Waals surface area contributed by atoms with Gasteiger partial charge in [-0.2, -0.15) is 0 Å². The number of hydrazine groups is 1. The van der Waals surface area contributed by atoms with E-state index in [1.165, 1.54) is 22.3 Å². The highest BCUT2D eigenvalue weighted by molar-refractivity contribution is 5.95. The van der Waals surface area contributed by atoms with E-state index in [0.29, 0.717) is 30.3 Å². The first-order valence-corrected chi connectivity index (χ1v) is 14.9. The molecule has 6 heteroatoms. The van der Waals surface area contributed by atoms with E-state index in [4.69, 9.17) is 9.47 Å². The van der Waals surface area contributed by atoms with Crippen molar-refractivity contribution in [2.75, 3.05) is 39.4 Å². The van der Waals surface area contributed by atoms with Crippen LogP contribution < -0.4 is 14.8 Å². The second-order valence-electron chi connectivity index (χ2n) is 11.2. The van der Waals surface area contributed by atoms with Gasteiger partial charge in [0.05, 0.1) is 6.04 Å². The maximum atomic E-state index is 13.2. The van der Waals surface area contributed by atoms with Gasteiger partial charge in [-0.05, 0) is 97.6 Å². The monoisotopic (exact) mass is 551 g/mol. The molecule has 1 aromatic carbocycles. The zero-order chi connectivity index (χ0) is 29.5. The lowest BCUT2D eigenvalue weighted by Gasteiger charge is -2.24. The van der Waals surface area contributed by atoms with Crippen LogP contribution in [0.25, 0.3) is 0 Å². The van der Waals surface area contributed by atoms with Gasteiger partial charge in [-0.15, -0.1) is 0 Å². The Kier molecular flexibility index (Phi) is 14.8. The zero-order valence-corrected chi connectivity index (χ0v) is 26.3. The van der Waals surface area contributed by atoms with E-state index < -0.39 is 0 Å². The Bertz CT molecular complexity index is 1050. The number of likely N-dealkylation sites (N-methyl/N-ethyl adjacent to an activating group) is 2. The molecule has 0 aromatic heterocycles. The summed E-state index contributed by atoms with van der Waals surface area (Å²) in [6.07, 6.45) is 12.8. The normalized spacial score (nSPS) is 15.2. The van der Waals surface area contributed by atoms with Crippen LogP contribution in [0, 0.1) is 0 Å². The third-order valence-corrected chi connectivity index (χ3v) is 7.06. The fraction of sp³-hybridized carbons (Fsp3) is 0.559. The van der Waals surface area contributed by atoms with Crippen molar-refractivity contribution in [3.63, 3.8) is 0 Å². The first-order valence-electron chi connectivity index (χ1n) is 14.9. The molecule has 1 aromatic rings. The molecule has 0 radical (unpaired) electrons. The zero-order valence-electron chi connectivity index (χ0n) is 26.3. The summed E-state index contributed by atoms with van der Waals surface area (Å²) in [5, 5.41) is 7.79. The number of carbonyl (C=O) groups is 1. The van der Waals surface area contributed by atoms with Crippen molar-refractivity contribution in [1.29, 1.82) is 0 Å². The molecular weight excluding hydrogens is 498 g/mol. The SMILES string of the molecule is CCN1CC(NC(=O)c2ccc(OC/C=C(\C)CCC=C(C)C)c(OC/C=C(\C)CCC=C(C)C)c2)CN1CC. The van der Waals surface area contributed by atoms with Gasteiger partial charge in [0, 0.05) is 31.7 Å². The molecule has 1 N–H and O–H groups in total. The Morgan fingerprint density at radius 2 is 1.30 bits per heavy atom. The second-order valence-corrected chi connectivity index (χ2v) is 11.2. The summed E-state index contributed by atoms with van der Waals surface area (Å²) in [6.45, 7) is 21.5. The smallest absolute Gasteiger partial charge is 0.251 e.